The third-order valence-corrected chi connectivity index (χ3v) is 8.39. The average molecular weight is 607 g/mol. The average Bonchev–Trinajstić information content (AvgIpc) is 3.29. The molecule has 1 atom stereocenters. The van der Waals surface area contributed by atoms with Crippen molar-refractivity contribution < 1.29 is 14.3 Å². The largest absolute Gasteiger partial charge is 0.463 e. The number of aromatic nitrogens is 1. The van der Waals surface area contributed by atoms with Crippen molar-refractivity contribution in [2.75, 3.05) is 6.61 Å². The van der Waals surface area contributed by atoms with Crippen LogP contribution in [0.5, 0.6) is 0 Å². The second kappa shape index (κ2) is 12.2. The van der Waals surface area contributed by atoms with Gasteiger partial charge in [-0.25, -0.2) is 4.79 Å². The summed E-state index contributed by atoms with van der Waals surface area (Å²) in [7, 11) is 0. The van der Waals surface area contributed by atoms with Crippen LogP contribution < -0.4 is 25.8 Å². The first-order valence-electron chi connectivity index (χ1n) is 12.8. The molecule has 10 heteroatoms. The molecule has 1 aliphatic heterocycles. The molecular weight excluding hydrogens is 581 g/mol. The van der Waals surface area contributed by atoms with Gasteiger partial charge in [-0.3, -0.25) is 14.2 Å². The predicted octanol–water partition coefficient (Wildman–Crippen LogP) is 4.00. The minimum atomic E-state index is -0.996. The van der Waals surface area contributed by atoms with Gasteiger partial charge in [-0.2, -0.15) is 0 Å². The summed E-state index contributed by atoms with van der Waals surface area (Å²) < 4.78 is 7.14. The molecule has 1 aromatic heterocycles. The van der Waals surface area contributed by atoms with Crippen molar-refractivity contribution in [1.29, 1.82) is 0 Å². The number of fused-ring (bicyclic) bond motifs is 1. The third-order valence-electron chi connectivity index (χ3n) is 6.59. The summed E-state index contributed by atoms with van der Waals surface area (Å²) in [6.07, 6.45) is 1.64. The number of esters is 1. The lowest BCUT2D eigenvalue weighted by molar-refractivity contribution is -0.138. The molecule has 0 saturated carbocycles. The molecule has 0 fully saturated rings. The minimum absolute atomic E-state index is 0.0403. The van der Waals surface area contributed by atoms with Crippen molar-refractivity contribution in [3.8, 4) is 0 Å². The zero-order valence-corrected chi connectivity index (χ0v) is 24.2. The number of nitrogens with one attached hydrogen (secondary N) is 1. The van der Waals surface area contributed by atoms with Crippen molar-refractivity contribution >= 4 is 63.9 Å². The maximum Gasteiger partial charge on any atom is 0.338 e. The van der Waals surface area contributed by atoms with E-state index in [4.69, 9.17) is 33.7 Å². The van der Waals surface area contributed by atoms with Crippen LogP contribution in [-0.2, 0) is 20.9 Å². The SMILES string of the molecule is CCOC(=O)C1=C(N)n2c(s/c(=C/c3ccccc3Cl)c2=O)=C(C(=O)NCc2ccccc2)C1c1ccccc1Cl. The molecule has 5 rings (SSSR count). The van der Waals surface area contributed by atoms with E-state index >= 15 is 0 Å². The number of hydrogen-bond acceptors (Lipinski definition) is 6. The highest BCUT2D eigenvalue weighted by atomic mass is 35.5. The Morgan fingerprint density at radius 1 is 0.976 bits per heavy atom. The highest BCUT2D eigenvalue weighted by molar-refractivity contribution is 7.07. The molecule has 0 bridgehead atoms. The van der Waals surface area contributed by atoms with Gasteiger partial charge in [0.2, 0.25) is 0 Å². The fraction of sp³-hybridized carbons (Fsp3) is 0.129. The maximum absolute atomic E-state index is 14.0. The smallest absolute Gasteiger partial charge is 0.338 e. The van der Waals surface area contributed by atoms with Crippen molar-refractivity contribution in [2.45, 2.75) is 19.4 Å². The van der Waals surface area contributed by atoms with Crippen LogP contribution in [0.15, 0.2) is 89.2 Å². The number of ether oxygens (including phenoxy) is 1. The van der Waals surface area contributed by atoms with Crippen LogP contribution in [0, 0.1) is 0 Å². The van der Waals surface area contributed by atoms with E-state index in [0.717, 1.165) is 16.9 Å². The number of rotatable bonds is 7. The molecule has 0 aliphatic carbocycles. The summed E-state index contributed by atoms with van der Waals surface area (Å²) in [6, 6.07) is 23.4. The first-order chi connectivity index (χ1) is 19.8. The number of amides is 1. The summed E-state index contributed by atoms with van der Waals surface area (Å²) in [6.45, 7) is 1.95. The monoisotopic (exact) mass is 605 g/mol. The Kier molecular flexibility index (Phi) is 8.44. The van der Waals surface area contributed by atoms with E-state index in [1.165, 1.54) is 4.57 Å². The van der Waals surface area contributed by atoms with Gasteiger partial charge in [0.25, 0.3) is 11.5 Å². The number of hydrogen-bond donors (Lipinski definition) is 2. The summed E-state index contributed by atoms with van der Waals surface area (Å²) in [4.78, 5) is 41.3. The Bertz CT molecular complexity index is 1860. The Labute approximate surface area is 249 Å². The van der Waals surface area contributed by atoms with Crippen LogP contribution >= 0.6 is 34.5 Å². The number of benzene rings is 3. The Hall–Kier alpha value is -4.11. The van der Waals surface area contributed by atoms with Gasteiger partial charge < -0.3 is 15.8 Å². The Morgan fingerprint density at radius 2 is 1.63 bits per heavy atom. The van der Waals surface area contributed by atoms with Crippen LogP contribution in [0.1, 0.15) is 29.5 Å². The predicted molar refractivity (Wildman–Crippen MR) is 163 cm³/mol. The summed E-state index contributed by atoms with van der Waals surface area (Å²) in [5.74, 6) is -2.34. The van der Waals surface area contributed by atoms with Crippen LogP contribution in [0.4, 0.5) is 0 Å². The minimum Gasteiger partial charge on any atom is -0.463 e. The Balaban J connectivity index is 1.81. The molecule has 41 heavy (non-hydrogen) atoms. The van der Waals surface area contributed by atoms with Gasteiger partial charge in [-0.15, -0.1) is 11.3 Å². The lowest BCUT2D eigenvalue weighted by Crippen LogP contribution is -2.43. The first kappa shape index (κ1) is 28.4. The molecule has 3 N–H and O–H groups in total. The second-order valence-electron chi connectivity index (χ2n) is 9.13. The zero-order chi connectivity index (χ0) is 29.1. The normalized spacial score (nSPS) is 15.0. The van der Waals surface area contributed by atoms with E-state index < -0.39 is 23.4 Å². The number of carbonyl (C=O) groups excluding carboxylic acids is 2. The third kappa shape index (κ3) is 5.59. The van der Waals surface area contributed by atoms with Crippen LogP contribution in [0.25, 0.3) is 17.5 Å². The molecule has 0 saturated heterocycles. The van der Waals surface area contributed by atoms with Gasteiger partial charge in [-0.05, 0) is 41.8 Å². The van der Waals surface area contributed by atoms with E-state index in [1.54, 1.807) is 61.5 Å². The lowest BCUT2D eigenvalue weighted by Gasteiger charge is -2.28. The molecule has 3 aromatic carbocycles. The molecule has 7 nitrogen and oxygen atoms in total. The maximum atomic E-state index is 14.0. The van der Waals surface area contributed by atoms with E-state index in [1.807, 2.05) is 30.3 Å². The summed E-state index contributed by atoms with van der Waals surface area (Å²) in [5, 5.41) is 3.73. The first-order valence-corrected chi connectivity index (χ1v) is 14.3. The number of thiazole rings is 1. The molecule has 1 amide bonds. The van der Waals surface area contributed by atoms with Gasteiger partial charge in [0.1, 0.15) is 10.5 Å². The fourth-order valence-electron chi connectivity index (χ4n) is 4.70. The molecule has 208 valence electrons. The van der Waals surface area contributed by atoms with E-state index in [-0.39, 0.29) is 39.3 Å². The molecule has 0 radical (unpaired) electrons. The Morgan fingerprint density at radius 3 is 2.32 bits per heavy atom. The fourth-order valence-corrected chi connectivity index (χ4v) is 6.30. The highest BCUT2D eigenvalue weighted by Gasteiger charge is 2.40. The zero-order valence-electron chi connectivity index (χ0n) is 21.9. The second-order valence-corrected chi connectivity index (χ2v) is 11.0. The van der Waals surface area contributed by atoms with Crippen molar-refractivity contribution in [3.05, 3.63) is 131 Å². The molecule has 4 aromatic rings. The number of halogens is 2. The summed E-state index contributed by atoms with van der Waals surface area (Å²) in [5.41, 5.74) is 8.19. The van der Waals surface area contributed by atoms with Gasteiger partial charge in [-0.1, -0.05) is 89.9 Å². The van der Waals surface area contributed by atoms with Gasteiger partial charge in [0.15, 0.2) is 0 Å². The molecule has 1 aliphatic rings. The number of carbonyl (C=O) groups is 2. The van der Waals surface area contributed by atoms with Gasteiger partial charge >= 0.3 is 5.97 Å². The quantitative estimate of drug-likeness (QED) is 0.310. The van der Waals surface area contributed by atoms with E-state index in [2.05, 4.69) is 5.32 Å². The molecule has 2 heterocycles. The molecule has 1 unspecified atom stereocenters. The van der Waals surface area contributed by atoms with Crippen LogP contribution in [0.2, 0.25) is 10.0 Å². The number of nitrogens with zero attached hydrogens (tertiary/aromatic N) is 1. The molecular formula is C31H25Cl2N3O4S. The van der Waals surface area contributed by atoms with Crippen molar-refractivity contribution in [3.63, 3.8) is 0 Å². The summed E-state index contributed by atoms with van der Waals surface area (Å²) >= 11 is 14.1. The lowest BCUT2D eigenvalue weighted by atomic mass is 9.82. The van der Waals surface area contributed by atoms with Crippen LogP contribution in [0.3, 0.4) is 0 Å². The van der Waals surface area contributed by atoms with Gasteiger partial charge in [0, 0.05) is 16.6 Å². The number of nitrogens with two attached hydrogens (primary N) is 1. The highest BCUT2D eigenvalue weighted by Crippen LogP contribution is 2.40. The van der Waals surface area contributed by atoms with E-state index in [0.29, 0.717) is 21.2 Å². The van der Waals surface area contributed by atoms with Crippen molar-refractivity contribution in [2.24, 2.45) is 5.73 Å². The van der Waals surface area contributed by atoms with Crippen molar-refractivity contribution in [1.82, 2.24) is 9.88 Å². The van der Waals surface area contributed by atoms with Gasteiger partial charge in [0.05, 0.1) is 28.2 Å². The van der Waals surface area contributed by atoms with E-state index in [9.17, 15) is 14.4 Å². The molecule has 0 spiro atoms. The topological polar surface area (TPSA) is 103 Å². The van der Waals surface area contributed by atoms with Crippen LogP contribution in [-0.4, -0.2) is 23.1 Å². The standard InChI is InChI=1S/C31H25Cl2N3O4S/c1-2-40-31(39)25-24(20-13-7-9-15-22(20)33)26(28(37)35-17-18-10-4-3-5-11-18)30-36(27(25)34)29(38)23(41-30)16-19-12-6-8-14-21(19)32/h3-16,24H,2,17,34H2,1H3,(H,35,37)/b23-16+.